The fourth-order valence-electron chi connectivity index (χ4n) is 1.02. The number of methoxy groups -OCH3 is 1. The zero-order chi connectivity index (χ0) is 13.5. The average molecular weight is 293 g/mol. The maximum Gasteiger partial charge on any atom is 0.343 e. The minimum atomic E-state index is -0.707. The van der Waals surface area contributed by atoms with E-state index in [2.05, 4.69) is 9.57 Å². The van der Waals surface area contributed by atoms with Crippen LogP contribution >= 0.6 is 21.6 Å². The molecule has 1 heterocycles. The van der Waals surface area contributed by atoms with Crippen LogP contribution in [0, 0.1) is 0 Å². The summed E-state index contributed by atoms with van der Waals surface area (Å²) >= 11 is 0. The molecule has 1 rings (SSSR count). The number of hydroxylamine groups is 2. The number of hydrogen-bond donors (Lipinski definition) is 0. The normalized spacial score (nSPS) is 14.8. The first kappa shape index (κ1) is 14.8. The van der Waals surface area contributed by atoms with Crippen LogP contribution < -0.4 is 0 Å². The fourth-order valence-corrected chi connectivity index (χ4v) is 2.63. The first-order valence-electron chi connectivity index (χ1n) is 4.92. The van der Waals surface area contributed by atoms with Gasteiger partial charge in [0.15, 0.2) is 0 Å². The molecule has 0 atom stereocenters. The molecule has 7 nitrogen and oxygen atoms in total. The van der Waals surface area contributed by atoms with Crippen LogP contribution in [0.15, 0.2) is 0 Å². The SMILES string of the molecule is COC(=O)CSSCC(=O)ON1C(=O)CCC1=O. The molecule has 1 fully saturated rings. The second-order valence-electron chi connectivity index (χ2n) is 3.15. The Hall–Kier alpha value is -1.22. The van der Waals surface area contributed by atoms with Crippen molar-refractivity contribution >= 4 is 45.3 Å². The monoisotopic (exact) mass is 293 g/mol. The number of esters is 1. The third-order valence-electron chi connectivity index (χ3n) is 1.86. The summed E-state index contributed by atoms with van der Waals surface area (Å²) in [5.41, 5.74) is 0. The highest BCUT2D eigenvalue weighted by molar-refractivity contribution is 8.77. The van der Waals surface area contributed by atoms with Gasteiger partial charge < -0.3 is 9.57 Å². The largest absolute Gasteiger partial charge is 0.468 e. The first-order valence-corrected chi connectivity index (χ1v) is 7.41. The summed E-state index contributed by atoms with van der Waals surface area (Å²) in [7, 11) is 3.48. The minimum Gasteiger partial charge on any atom is -0.468 e. The van der Waals surface area contributed by atoms with Crippen molar-refractivity contribution in [2.24, 2.45) is 0 Å². The molecule has 9 heteroatoms. The molecular formula is C9H11NO6S2. The molecule has 0 aliphatic carbocycles. The number of carbonyl (C=O) groups is 4. The van der Waals surface area contributed by atoms with E-state index in [0.717, 1.165) is 21.6 Å². The molecule has 1 aliphatic rings. The molecule has 2 amide bonds. The van der Waals surface area contributed by atoms with Gasteiger partial charge in [0, 0.05) is 12.8 Å². The van der Waals surface area contributed by atoms with Crippen molar-refractivity contribution in [2.75, 3.05) is 18.6 Å². The predicted octanol–water partition coefficient (Wildman–Crippen LogP) is 0.148. The molecule has 0 spiro atoms. The van der Waals surface area contributed by atoms with E-state index in [4.69, 9.17) is 0 Å². The molecule has 100 valence electrons. The lowest BCUT2D eigenvalue weighted by molar-refractivity contribution is -0.195. The summed E-state index contributed by atoms with van der Waals surface area (Å²) in [5, 5.41) is 0.494. The van der Waals surface area contributed by atoms with Crippen molar-refractivity contribution in [1.29, 1.82) is 0 Å². The molecule has 0 radical (unpaired) electrons. The second-order valence-corrected chi connectivity index (χ2v) is 5.61. The smallest absolute Gasteiger partial charge is 0.343 e. The van der Waals surface area contributed by atoms with Gasteiger partial charge in [-0.3, -0.25) is 14.4 Å². The van der Waals surface area contributed by atoms with Crippen LogP contribution in [0.3, 0.4) is 0 Å². The van der Waals surface area contributed by atoms with Crippen molar-refractivity contribution in [3.63, 3.8) is 0 Å². The molecule has 0 aromatic heterocycles. The second kappa shape index (κ2) is 7.27. The highest BCUT2D eigenvalue weighted by Gasteiger charge is 2.32. The third-order valence-corrected chi connectivity index (χ3v) is 3.94. The summed E-state index contributed by atoms with van der Waals surface area (Å²) in [6.45, 7) is 0. The molecule has 0 bridgehead atoms. The quantitative estimate of drug-likeness (QED) is 0.296. The molecule has 1 saturated heterocycles. The van der Waals surface area contributed by atoms with E-state index in [1.807, 2.05) is 0 Å². The first-order chi connectivity index (χ1) is 8.54. The topological polar surface area (TPSA) is 90.0 Å². The maximum atomic E-state index is 11.3. The van der Waals surface area contributed by atoms with Crippen molar-refractivity contribution < 1.29 is 28.8 Å². The molecular weight excluding hydrogens is 282 g/mol. The van der Waals surface area contributed by atoms with E-state index in [-0.39, 0.29) is 24.3 Å². The van der Waals surface area contributed by atoms with Gasteiger partial charge in [0.05, 0.1) is 7.11 Å². The summed E-state index contributed by atoms with van der Waals surface area (Å²) < 4.78 is 4.41. The van der Waals surface area contributed by atoms with Gasteiger partial charge in [-0.2, -0.15) is 0 Å². The number of imide groups is 1. The van der Waals surface area contributed by atoms with E-state index in [9.17, 15) is 19.2 Å². The van der Waals surface area contributed by atoms with Gasteiger partial charge >= 0.3 is 11.9 Å². The van der Waals surface area contributed by atoms with Crippen LogP contribution in [-0.2, 0) is 28.8 Å². The summed E-state index contributed by atoms with van der Waals surface area (Å²) in [6.07, 6.45) is 0.132. The number of hydrogen-bond acceptors (Lipinski definition) is 8. The number of rotatable bonds is 6. The van der Waals surface area contributed by atoms with Crippen LogP contribution in [0.25, 0.3) is 0 Å². The molecule has 0 aromatic rings. The van der Waals surface area contributed by atoms with E-state index in [1.165, 1.54) is 7.11 Å². The van der Waals surface area contributed by atoms with Crippen LogP contribution in [0.2, 0.25) is 0 Å². The predicted molar refractivity (Wildman–Crippen MR) is 64.1 cm³/mol. The molecule has 0 aromatic carbocycles. The number of carbonyl (C=O) groups excluding carboxylic acids is 4. The Bertz CT molecular complexity index is 356. The van der Waals surface area contributed by atoms with Crippen LogP contribution in [0.5, 0.6) is 0 Å². The lowest BCUT2D eigenvalue weighted by Gasteiger charge is -2.11. The van der Waals surface area contributed by atoms with E-state index in [1.54, 1.807) is 0 Å². The van der Waals surface area contributed by atoms with Gasteiger partial charge in [-0.25, -0.2) is 4.79 Å². The van der Waals surface area contributed by atoms with Crippen LogP contribution in [0.4, 0.5) is 0 Å². The third kappa shape index (κ3) is 4.57. The Morgan fingerprint density at radius 1 is 1.11 bits per heavy atom. The van der Waals surface area contributed by atoms with E-state index < -0.39 is 23.8 Å². The van der Waals surface area contributed by atoms with Gasteiger partial charge in [0.25, 0.3) is 11.8 Å². The Morgan fingerprint density at radius 2 is 1.61 bits per heavy atom. The molecule has 0 unspecified atom stereocenters. The number of nitrogens with zero attached hydrogens (tertiary/aromatic N) is 1. The standard InChI is InChI=1S/C9H11NO6S2/c1-15-8(13)4-17-18-5-9(14)16-10-6(11)2-3-7(10)12/h2-5H2,1H3. The Kier molecular flexibility index (Phi) is 5.99. The van der Waals surface area contributed by atoms with Crippen LogP contribution in [-0.4, -0.2) is 47.4 Å². The number of ether oxygens (including phenoxy) is 1. The van der Waals surface area contributed by atoms with Gasteiger partial charge in [0.1, 0.15) is 11.5 Å². The van der Waals surface area contributed by atoms with Crippen molar-refractivity contribution in [3.05, 3.63) is 0 Å². The lowest BCUT2D eigenvalue weighted by Crippen LogP contribution is -2.32. The van der Waals surface area contributed by atoms with Crippen molar-refractivity contribution in [3.8, 4) is 0 Å². The highest BCUT2D eigenvalue weighted by Crippen LogP contribution is 2.21. The highest BCUT2D eigenvalue weighted by atomic mass is 33.1. The zero-order valence-electron chi connectivity index (χ0n) is 9.54. The van der Waals surface area contributed by atoms with E-state index >= 15 is 0 Å². The molecule has 1 aliphatic heterocycles. The van der Waals surface area contributed by atoms with Gasteiger partial charge in [-0.1, -0.05) is 21.6 Å². The molecule has 0 N–H and O–H groups in total. The van der Waals surface area contributed by atoms with Crippen LogP contribution in [0.1, 0.15) is 12.8 Å². The van der Waals surface area contributed by atoms with Crippen molar-refractivity contribution in [1.82, 2.24) is 5.06 Å². The van der Waals surface area contributed by atoms with Gasteiger partial charge in [-0.15, -0.1) is 5.06 Å². The minimum absolute atomic E-state index is 0.0658. The van der Waals surface area contributed by atoms with Gasteiger partial charge in [-0.05, 0) is 0 Å². The Balaban J connectivity index is 2.20. The lowest BCUT2D eigenvalue weighted by atomic mass is 10.4. The summed E-state index contributed by atoms with van der Waals surface area (Å²) in [6, 6.07) is 0. The Morgan fingerprint density at radius 3 is 2.11 bits per heavy atom. The molecule has 18 heavy (non-hydrogen) atoms. The summed E-state index contributed by atoms with van der Waals surface area (Å²) in [5.74, 6) is -2.10. The van der Waals surface area contributed by atoms with E-state index in [0.29, 0.717) is 5.06 Å². The maximum absolute atomic E-state index is 11.3. The fraction of sp³-hybridized carbons (Fsp3) is 0.556. The number of amides is 2. The van der Waals surface area contributed by atoms with Gasteiger partial charge in [0.2, 0.25) is 0 Å². The van der Waals surface area contributed by atoms with Crippen molar-refractivity contribution in [2.45, 2.75) is 12.8 Å². The Labute approximate surface area is 111 Å². The summed E-state index contributed by atoms with van der Waals surface area (Å²) in [4.78, 5) is 48.9. The molecule has 0 saturated carbocycles. The average Bonchev–Trinajstić information content (AvgIpc) is 2.66. The zero-order valence-corrected chi connectivity index (χ0v) is 11.2.